The summed E-state index contributed by atoms with van der Waals surface area (Å²) in [5.74, 6) is -3.99. The molecule has 0 aliphatic carbocycles. The summed E-state index contributed by atoms with van der Waals surface area (Å²) in [5, 5.41) is 18.4. The third-order valence-electron chi connectivity index (χ3n) is 10.7. The Balaban J connectivity index is 1.51. The maximum absolute atomic E-state index is 14.5. The van der Waals surface area contributed by atoms with Crippen molar-refractivity contribution in [2.24, 2.45) is 17.6 Å². The summed E-state index contributed by atoms with van der Waals surface area (Å²) in [5.41, 5.74) is 7.56. The molecule has 0 spiro atoms. The molecule has 53 heavy (non-hydrogen) atoms. The maximum atomic E-state index is 14.5. The molecule has 5 amide bonds. The highest BCUT2D eigenvalue weighted by molar-refractivity contribution is 5.97. The molecule has 0 saturated carbocycles. The zero-order valence-corrected chi connectivity index (χ0v) is 30.8. The molecule has 4 aliphatic heterocycles. The minimum Gasteiger partial charge on any atom is -0.488 e. The van der Waals surface area contributed by atoms with Crippen molar-refractivity contribution < 1.29 is 38.6 Å². The van der Waals surface area contributed by atoms with Gasteiger partial charge in [-0.3, -0.25) is 24.0 Å². The smallest absolute Gasteiger partial charge is 0.326 e. The Morgan fingerprint density at radius 1 is 0.887 bits per heavy atom. The van der Waals surface area contributed by atoms with Crippen molar-refractivity contribution in [2.75, 3.05) is 13.1 Å². The number of carbonyl (C=O) groups excluding carboxylic acids is 5. The van der Waals surface area contributed by atoms with Crippen molar-refractivity contribution in [3.8, 4) is 5.75 Å². The predicted octanol–water partition coefficient (Wildman–Crippen LogP) is 1.39. The quantitative estimate of drug-likeness (QED) is 0.249. The topological polar surface area (TPSA) is 200 Å². The molecular formula is C39H52N6O8. The minimum absolute atomic E-state index is 0.0334. The van der Waals surface area contributed by atoms with E-state index in [0.29, 0.717) is 43.5 Å². The lowest BCUT2D eigenvalue weighted by Gasteiger charge is -2.34. The average Bonchev–Trinajstić information content (AvgIpc) is 3.80. The normalized spacial score (nSPS) is 26.5. The van der Waals surface area contributed by atoms with Gasteiger partial charge in [0, 0.05) is 32.4 Å². The van der Waals surface area contributed by atoms with Crippen LogP contribution in [-0.4, -0.2) is 106 Å². The van der Waals surface area contributed by atoms with E-state index in [1.165, 1.54) is 9.80 Å². The first-order valence-corrected chi connectivity index (χ1v) is 18.6. The molecule has 0 aromatic heterocycles. The van der Waals surface area contributed by atoms with Gasteiger partial charge in [0.15, 0.2) is 0 Å². The summed E-state index contributed by atoms with van der Waals surface area (Å²) in [6.07, 6.45) is 1.06. The molecular weight excluding hydrogens is 680 g/mol. The first-order chi connectivity index (χ1) is 25.3. The van der Waals surface area contributed by atoms with Crippen molar-refractivity contribution in [2.45, 2.75) is 109 Å². The van der Waals surface area contributed by atoms with Crippen molar-refractivity contribution in [1.29, 1.82) is 0 Å². The van der Waals surface area contributed by atoms with Crippen LogP contribution in [-0.2, 0) is 41.6 Å². The Labute approximate surface area is 310 Å². The molecule has 0 radical (unpaired) electrons. The number of aliphatic carboxylic acids is 1. The summed E-state index contributed by atoms with van der Waals surface area (Å²) < 4.78 is 6.36. The van der Waals surface area contributed by atoms with E-state index in [-0.39, 0.29) is 37.1 Å². The van der Waals surface area contributed by atoms with Crippen LogP contribution in [0.1, 0.15) is 64.5 Å². The van der Waals surface area contributed by atoms with Crippen molar-refractivity contribution in [1.82, 2.24) is 25.8 Å². The van der Waals surface area contributed by atoms with Crippen LogP contribution in [0.4, 0.5) is 0 Å². The van der Waals surface area contributed by atoms with Gasteiger partial charge in [0.2, 0.25) is 29.5 Å². The third-order valence-corrected chi connectivity index (χ3v) is 10.7. The third kappa shape index (κ3) is 9.16. The highest BCUT2D eigenvalue weighted by Crippen LogP contribution is 2.30. The van der Waals surface area contributed by atoms with E-state index in [1.807, 2.05) is 26.8 Å². The largest absolute Gasteiger partial charge is 0.488 e. The van der Waals surface area contributed by atoms with E-state index in [4.69, 9.17) is 10.5 Å². The molecule has 2 saturated heterocycles. The number of nitrogens with one attached hydrogen (secondary N) is 3. The number of rotatable bonds is 8. The lowest BCUT2D eigenvalue weighted by atomic mass is 9.96. The number of hydrogen-bond acceptors (Lipinski definition) is 8. The molecule has 6 rings (SSSR count). The van der Waals surface area contributed by atoms with Gasteiger partial charge in [-0.2, -0.15) is 0 Å². The van der Waals surface area contributed by atoms with Crippen LogP contribution in [0.2, 0.25) is 0 Å². The van der Waals surface area contributed by atoms with Gasteiger partial charge in [-0.05, 0) is 47.9 Å². The number of fused-ring (bicyclic) bond motifs is 11. The maximum Gasteiger partial charge on any atom is 0.326 e. The summed E-state index contributed by atoms with van der Waals surface area (Å²) in [4.78, 5) is 85.3. The van der Waals surface area contributed by atoms with Gasteiger partial charge in [-0.25, -0.2) is 4.79 Å². The summed E-state index contributed by atoms with van der Waals surface area (Å²) in [6, 6.07) is 9.41. The standard InChI is InChI=1S/C39H52N6O8/c1-5-23(4)32-35(47)41-27(20-24-10-7-6-8-11-24)34(46)42-28(39(51)52)21-25-13-15-26(16-14-25)53-30-17-19-45(33(30)36(48)43-32)37(49)29-12-9-18-44(29)38(50)31(40)22(2)3/h6-8,10-11,13-16,22-23,27-33H,5,9,12,17-21,40H2,1-4H3,(H,41,47)(H,42,46)(H,43,48)(H,51,52). The van der Waals surface area contributed by atoms with Crippen LogP contribution in [0.25, 0.3) is 0 Å². The molecule has 8 atom stereocenters. The van der Waals surface area contributed by atoms with E-state index in [0.717, 1.165) is 5.56 Å². The Hall–Kier alpha value is -4.98. The second kappa shape index (κ2) is 17.2. The Morgan fingerprint density at radius 3 is 2.23 bits per heavy atom. The van der Waals surface area contributed by atoms with Gasteiger partial charge in [0.1, 0.15) is 42.1 Å². The van der Waals surface area contributed by atoms with E-state index < -0.39 is 72.0 Å². The molecule has 14 nitrogen and oxygen atoms in total. The number of nitrogens with two attached hydrogens (primary N) is 1. The van der Waals surface area contributed by atoms with Crippen molar-refractivity contribution >= 4 is 35.5 Å². The van der Waals surface area contributed by atoms with Crippen molar-refractivity contribution in [3.63, 3.8) is 0 Å². The first-order valence-electron chi connectivity index (χ1n) is 18.6. The zero-order valence-electron chi connectivity index (χ0n) is 30.8. The van der Waals surface area contributed by atoms with Crippen LogP contribution in [0.5, 0.6) is 5.75 Å². The molecule has 4 aliphatic rings. The van der Waals surface area contributed by atoms with Crippen molar-refractivity contribution in [3.05, 3.63) is 65.7 Å². The Morgan fingerprint density at radius 2 is 1.58 bits per heavy atom. The van der Waals surface area contributed by atoms with Gasteiger partial charge < -0.3 is 41.3 Å². The summed E-state index contributed by atoms with van der Waals surface area (Å²) in [7, 11) is 0. The first kappa shape index (κ1) is 39.2. The second-order valence-electron chi connectivity index (χ2n) is 14.8. The van der Waals surface area contributed by atoms with Gasteiger partial charge in [0.05, 0.1) is 6.04 Å². The molecule has 2 aromatic rings. The fourth-order valence-electron chi connectivity index (χ4n) is 7.25. The summed E-state index contributed by atoms with van der Waals surface area (Å²) in [6.45, 7) is 7.91. The molecule has 2 fully saturated rings. The predicted molar refractivity (Wildman–Crippen MR) is 195 cm³/mol. The number of likely N-dealkylation sites (tertiary alicyclic amines) is 2. The number of nitrogens with zero attached hydrogens (tertiary/aromatic N) is 2. The molecule has 4 heterocycles. The van der Waals surface area contributed by atoms with E-state index in [2.05, 4.69) is 16.0 Å². The molecule has 6 N–H and O–H groups in total. The lowest BCUT2D eigenvalue weighted by molar-refractivity contribution is -0.148. The number of carboxylic acid groups (broad SMARTS) is 1. The number of carboxylic acids is 1. The molecule has 2 aromatic carbocycles. The van der Waals surface area contributed by atoms with Gasteiger partial charge >= 0.3 is 5.97 Å². The van der Waals surface area contributed by atoms with Crippen LogP contribution in [0.3, 0.4) is 0 Å². The number of carbonyl (C=O) groups is 6. The lowest BCUT2D eigenvalue weighted by Crippen LogP contribution is -2.61. The van der Waals surface area contributed by atoms with Crippen LogP contribution in [0.15, 0.2) is 54.6 Å². The fraction of sp³-hybridized carbons (Fsp3) is 0.538. The molecule has 2 bridgehead atoms. The zero-order chi connectivity index (χ0) is 38.4. The molecule has 286 valence electrons. The number of ether oxygens (including phenoxy) is 1. The highest BCUT2D eigenvalue weighted by Gasteiger charge is 2.49. The number of benzene rings is 2. The Bertz CT molecular complexity index is 1650. The van der Waals surface area contributed by atoms with Crippen LogP contribution >= 0.6 is 0 Å². The average molecular weight is 733 g/mol. The molecule has 8 unspecified atom stereocenters. The van der Waals surface area contributed by atoms with Crippen LogP contribution in [0, 0.1) is 11.8 Å². The van der Waals surface area contributed by atoms with Crippen LogP contribution < -0.4 is 26.4 Å². The van der Waals surface area contributed by atoms with Gasteiger partial charge in [0.25, 0.3) is 0 Å². The number of hydrogen-bond donors (Lipinski definition) is 5. The number of amides is 5. The van der Waals surface area contributed by atoms with E-state index in [9.17, 15) is 33.9 Å². The van der Waals surface area contributed by atoms with E-state index >= 15 is 0 Å². The SMILES string of the molecule is CCC(C)C1NC(=O)C2C(CCN2C(=O)C2CCCN2C(=O)C(N)C(C)C)Oc2ccc(cc2)CC(C(=O)O)NC(=O)C(Cc2ccccc2)NC1=O. The van der Waals surface area contributed by atoms with E-state index in [1.54, 1.807) is 55.5 Å². The fourth-order valence-corrected chi connectivity index (χ4v) is 7.25. The van der Waals surface area contributed by atoms with Gasteiger partial charge in [-0.1, -0.05) is 76.6 Å². The van der Waals surface area contributed by atoms with Gasteiger partial charge in [-0.15, -0.1) is 0 Å². The summed E-state index contributed by atoms with van der Waals surface area (Å²) >= 11 is 0. The minimum atomic E-state index is -1.29. The Kier molecular flexibility index (Phi) is 12.8. The highest BCUT2D eigenvalue weighted by atomic mass is 16.5. The molecule has 14 heteroatoms. The monoisotopic (exact) mass is 732 g/mol. The second-order valence-corrected chi connectivity index (χ2v) is 14.8.